The van der Waals surface area contributed by atoms with Crippen LogP contribution in [0, 0.1) is 0 Å². The standard InChI is InChI=1S/C12H23N5O/c1-5-6-7-14-11(18)9(2)17-8-10(15-16-17)12(3,4)13/h8-9H,5-7,13H2,1-4H3,(H,14,18). The van der Waals surface area contributed by atoms with E-state index in [1.54, 1.807) is 17.8 Å². The molecule has 0 aliphatic rings. The van der Waals surface area contributed by atoms with Gasteiger partial charge in [-0.3, -0.25) is 4.79 Å². The van der Waals surface area contributed by atoms with E-state index in [1.807, 2.05) is 13.8 Å². The second-order valence-corrected chi connectivity index (χ2v) is 5.13. The van der Waals surface area contributed by atoms with Crippen LogP contribution in [0.5, 0.6) is 0 Å². The van der Waals surface area contributed by atoms with E-state index in [1.165, 1.54) is 0 Å². The maximum Gasteiger partial charge on any atom is 0.244 e. The van der Waals surface area contributed by atoms with E-state index in [9.17, 15) is 4.79 Å². The molecule has 0 saturated carbocycles. The summed E-state index contributed by atoms with van der Waals surface area (Å²) in [6.07, 6.45) is 3.77. The summed E-state index contributed by atoms with van der Waals surface area (Å²) in [5.41, 5.74) is 6.06. The minimum absolute atomic E-state index is 0.0465. The summed E-state index contributed by atoms with van der Waals surface area (Å²) < 4.78 is 1.55. The molecule has 3 N–H and O–H groups in total. The molecule has 6 heteroatoms. The number of rotatable bonds is 6. The summed E-state index contributed by atoms with van der Waals surface area (Å²) >= 11 is 0. The van der Waals surface area contributed by atoms with Gasteiger partial charge in [0.05, 0.1) is 11.7 Å². The Morgan fingerprint density at radius 1 is 1.61 bits per heavy atom. The van der Waals surface area contributed by atoms with E-state index >= 15 is 0 Å². The van der Waals surface area contributed by atoms with E-state index in [-0.39, 0.29) is 11.9 Å². The third-order valence-electron chi connectivity index (χ3n) is 2.78. The van der Waals surface area contributed by atoms with Gasteiger partial charge in [-0.15, -0.1) is 5.10 Å². The minimum Gasteiger partial charge on any atom is -0.354 e. The van der Waals surface area contributed by atoms with Gasteiger partial charge in [0.1, 0.15) is 11.7 Å². The van der Waals surface area contributed by atoms with Gasteiger partial charge in [-0.1, -0.05) is 18.6 Å². The number of hydrogen-bond acceptors (Lipinski definition) is 4. The number of nitrogens with zero attached hydrogens (tertiary/aromatic N) is 3. The van der Waals surface area contributed by atoms with Crippen LogP contribution in [0.4, 0.5) is 0 Å². The first kappa shape index (κ1) is 14.6. The van der Waals surface area contributed by atoms with Crippen molar-refractivity contribution >= 4 is 5.91 Å². The van der Waals surface area contributed by atoms with E-state index < -0.39 is 5.54 Å². The minimum atomic E-state index is -0.545. The first-order chi connectivity index (χ1) is 8.36. The average molecular weight is 253 g/mol. The van der Waals surface area contributed by atoms with Gasteiger partial charge in [0, 0.05) is 6.54 Å². The van der Waals surface area contributed by atoms with Crippen molar-refractivity contribution in [1.82, 2.24) is 20.3 Å². The third-order valence-corrected chi connectivity index (χ3v) is 2.78. The van der Waals surface area contributed by atoms with Crippen LogP contribution >= 0.6 is 0 Å². The molecule has 0 aliphatic carbocycles. The normalized spacial score (nSPS) is 13.4. The number of aromatic nitrogens is 3. The monoisotopic (exact) mass is 253 g/mol. The fourth-order valence-corrected chi connectivity index (χ4v) is 1.42. The number of nitrogens with one attached hydrogen (secondary N) is 1. The molecule has 1 aromatic rings. The number of hydrogen-bond donors (Lipinski definition) is 2. The van der Waals surface area contributed by atoms with Gasteiger partial charge >= 0.3 is 0 Å². The molecule has 6 nitrogen and oxygen atoms in total. The predicted octanol–water partition coefficient (Wildman–Crippen LogP) is 0.949. The van der Waals surface area contributed by atoms with Gasteiger partial charge in [-0.2, -0.15) is 0 Å². The van der Waals surface area contributed by atoms with Gasteiger partial charge in [0.2, 0.25) is 5.91 Å². The summed E-state index contributed by atoms with van der Waals surface area (Å²) in [6, 6.07) is -0.370. The third kappa shape index (κ3) is 3.80. The summed E-state index contributed by atoms with van der Waals surface area (Å²) in [5.74, 6) is -0.0465. The SMILES string of the molecule is CCCCNC(=O)C(C)n1cc(C(C)(C)N)nn1. The highest BCUT2D eigenvalue weighted by molar-refractivity contribution is 5.79. The van der Waals surface area contributed by atoms with Crippen molar-refractivity contribution < 1.29 is 4.79 Å². The molecule has 1 atom stereocenters. The Morgan fingerprint density at radius 3 is 2.78 bits per heavy atom. The second kappa shape index (κ2) is 5.95. The lowest BCUT2D eigenvalue weighted by Gasteiger charge is -2.14. The number of amides is 1. The lowest BCUT2D eigenvalue weighted by Crippen LogP contribution is -2.32. The van der Waals surface area contributed by atoms with Crippen molar-refractivity contribution in [2.75, 3.05) is 6.54 Å². The molecule has 1 amide bonds. The molecule has 1 unspecified atom stereocenters. The van der Waals surface area contributed by atoms with Crippen molar-refractivity contribution in [3.05, 3.63) is 11.9 Å². The molecule has 0 aromatic carbocycles. The van der Waals surface area contributed by atoms with Crippen molar-refractivity contribution in [3.63, 3.8) is 0 Å². The fraction of sp³-hybridized carbons (Fsp3) is 0.750. The van der Waals surface area contributed by atoms with Crippen LogP contribution in [0.15, 0.2) is 6.20 Å². The van der Waals surface area contributed by atoms with Gasteiger partial charge < -0.3 is 11.1 Å². The zero-order valence-corrected chi connectivity index (χ0v) is 11.6. The molecule has 1 aromatic heterocycles. The number of carbonyl (C=O) groups excluding carboxylic acids is 1. The molecule has 102 valence electrons. The Kier molecular flexibility index (Phi) is 4.84. The van der Waals surface area contributed by atoms with E-state index in [0.29, 0.717) is 12.2 Å². The highest BCUT2D eigenvalue weighted by atomic mass is 16.2. The highest BCUT2D eigenvalue weighted by Gasteiger charge is 2.22. The molecule has 0 aliphatic heterocycles. The quantitative estimate of drug-likeness (QED) is 0.739. The molecule has 1 rings (SSSR count). The van der Waals surface area contributed by atoms with Crippen molar-refractivity contribution in [2.45, 2.75) is 52.1 Å². The van der Waals surface area contributed by atoms with Gasteiger partial charge in [0.15, 0.2) is 0 Å². The maximum atomic E-state index is 11.8. The zero-order chi connectivity index (χ0) is 13.8. The zero-order valence-electron chi connectivity index (χ0n) is 11.6. The molecule has 0 saturated heterocycles. The van der Waals surface area contributed by atoms with Gasteiger partial charge in [-0.05, 0) is 27.2 Å². The molecule has 1 heterocycles. The summed E-state index contributed by atoms with van der Waals surface area (Å²) in [6.45, 7) is 8.29. The first-order valence-corrected chi connectivity index (χ1v) is 6.35. The fourth-order valence-electron chi connectivity index (χ4n) is 1.42. The van der Waals surface area contributed by atoms with Crippen LogP contribution in [-0.2, 0) is 10.3 Å². The van der Waals surface area contributed by atoms with E-state index in [4.69, 9.17) is 5.73 Å². The molecule has 0 bridgehead atoms. The maximum absolute atomic E-state index is 11.8. The molecule has 0 spiro atoms. The van der Waals surface area contributed by atoms with Crippen LogP contribution in [0.2, 0.25) is 0 Å². The Bertz CT molecular complexity index is 393. The van der Waals surface area contributed by atoms with Crippen LogP contribution in [0.25, 0.3) is 0 Å². The van der Waals surface area contributed by atoms with Crippen molar-refractivity contribution in [1.29, 1.82) is 0 Å². The first-order valence-electron chi connectivity index (χ1n) is 6.35. The Hall–Kier alpha value is -1.43. The molecular weight excluding hydrogens is 230 g/mol. The van der Waals surface area contributed by atoms with Crippen LogP contribution in [0.1, 0.15) is 52.3 Å². The Balaban J connectivity index is 2.64. The summed E-state index contributed by atoms with van der Waals surface area (Å²) in [4.78, 5) is 11.8. The second-order valence-electron chi connectivity index (χ2n) is 5.13. The van der Waals surface area contributed by atoms with Crippen molar-refractivity contribution in [2.24, 2.45) is 5.73 Å². The van der Waals surface area contributed by atoms with Crippen LogP contribution < -0.4 is 11.1 Å². The predicted molar refractivity (Wildman–Crippen MR) is 69.9 cm³/mol. The number of nitrogens with two attached hydrogens (primary N) is 1. The Morgan fingerprint density at radius 2 is 2.28 bits per heavy atom. The lowest BCUT2D eigenvalue weighted by atomic mass is 10.0. The Labute approximate surface area is 108 Å². The molecule has 0 radical (unpaired) electrons. The molecular formula is C12H23N5O. The van der Waals surface area contributed by atoms with E-state index in [0.717, 1.165) is 12.8 Å². The largest absolute Gasteiger partial charge is 0.354 e. The summed E-state index contributed by atoms with van der Waals surface area (Å²) in [5, 5.41) is 10.8. The smallest absolute Gasteiger partial charge is 0.244 e. The van der Waals surface area contributed by atoms with Gasteiger partial charge in [0.25, 0.3) is 0 Å². The molecule has 18 heavy (non-hydrogen) atoms. The average Bonchev–Trinajstić information content (AvgIpc) is 2.77. The highest BCUT2D eigenvalue weighted by Crippen LogP contribution is 2.14. The molecule has 0 fully saturated rings. The lowest BCUT2D eigenvalue weighted by molar-refractivity contribution is -0.124. The van der Waals surface area contributed by atoms with Gasteiger partial charge in [-0.25, -0.2) is 4.68 Å². The van der Waals surface area contributed by atoms with Crippen LogP contribution in [0.3, 0.4) is 0 Å². The van der Waals surface area contributed by atoms with E-state index in [2.05, 4.69) is 22.6 Å². The number of unbranched alkanes of at least 4 members (excludes halogenated alkanes) is 1. The summed E-state index contributed by atoms with van der Waals surface area (Å²) in [7, 11) is 0. The number of carbonyl (C=O) groups is 1. The topological polar surface area (TPSA) is 85.8 Å². The van der Waals surface area contributed by atoms with Crippen molar-refractivity contribution in [3.8, 4) is 0 Å². The van der Waals surface area contributed by atoms with Crippen LogP contribution in [-0.4, -0.2) is 27.4 Å².